The van der Waals surface area contributed by atoms with Gasteiger partial charge >= 0.3 is 0 Å². The molecular weight excluding hydrogens is 328 g/mol. The number of piperazine rings is 1. The number of amides is 1. The average Bonchev–Trinajstić information content (AvgIpc) is 3.22. The highest BCUT2D eigenvalue weighted by atomic mass is 32.1. The van der Waals surface area contributed by atoms with Crippen LogP contribution in [0.15, 0.2) is 23.4 Å². The molecule has 2 aromatic rings. The van der Waals surface area contributed by atoms with Crippen molar-refractivity contribution in [2.24, 2.45) is 0 Å². The Kier molecular flexibility index (Phi) is 5.21. The molecule has 0 radical (unpaired) electrons. The van der Waals surface area contributed by atoms with E-state index in [0.717, 1.165) is 18.2 Å². The fourth-order valence-corrected chi connectivity index (χ4v) is 3.27. The van der Waals surface area contributed by atoms with Gasteiger partial charge in [-0.05, 0) is 6.92 Å². The molecule has 128 valence electrons. The summed E-state index contributed by atoms with van der Waals surface area (Å²) < 4.78 is 5.14. The molecule has 0 unspecified atom stereocenters. The van der Waals surface area contributed by atoms with Crippen LogP contribution in [0.4, 0.5) is 5.13 Å². The highest BCUT2D eigenvalue weighted by molar-refractivity contribution is 7.17. The van der Waals surface area contributed by atoms with Crippen molar-refractivity contribution < 1.29 is 9.32 Å². The molecule has 1 saturated heterocycles. The van der Waals surface area contributed by atoms with E-state index in [9.17, 15) is 4.79 Å². The summed E-state index contributed by atoms with van der Waals surface area (Å²) in [6, 6.07) is 0. The van der Waals surface area contributed by atoms with Gasteiger partial charge in [0.25, 0.3) is 5.91 Å². The van der Waals surface area contributed by atoms with Gasteiger partial charge in [-0.3, -0.25) is 9.69 Å². The van der Waals surface area contributed by atoms with Crippen LogP contribution in [-0.4, -0.2) is 63.6 Å². The number of aromatic nitrogens is 3. The third-order valence-corrected chi connectivity index (χ3v) is 4.65. The smallest absolute Gasteiger partial charge is 0.265 e. The molecule has 0 aliphatic carbocycles. The van der Waals surface area contributed by atoms with Crippen LogP contribution in [0.25, 0.3) is 0 Å². The van der Waals surface area contributed by atoms with E-state index >= 15 is 0 Å². The number of hydrogen-bond acceptors (Lipinski definition) is 8. The number of carbonyl (C=O) groups is 1. The predicted molar refractivity (Wildman–Crippen MR) is 91.0 cm³/mol. The molecule has 9 heteroatoms. The molecule has 0 atom stereocenters. The van der Waals surface area contributed by atoms with Crippen molar-refractivity contribution in [2.75, 3.05) is 38.0 Å². The molecule has 8 nitrogen and oxygen atoms in total. The van der Waals surface area contributed by atoms with Gasteiger partial charge in [-0.15, -0.1) is 6.58 Å². The van der Waals surface area contributed by atoms with E-state index in [-0.39, 0.29) is 5.91 Å². The fraction of sp³-hybridized carbons (Fsp3) is 0.467. The number of anilines is 1. The lowest BCUT2D eigenvalue weighted by molar-refractivity contribution is 0.0619. The maximum Gasteiger partial charge on any atom is 0.265 e. The van der Waals surface area contributed by atoms with E-state index < -0.39 is 0 Å². The Hall–Kier alpha value is -2.26. The molecule has 1 aliphatic heterocycles. The van der Waals surface area contributed by atoms with Crippen LogP contribution >= 0.6 is 11.3 Å². The van der Waals surface area contributed by atoms with Crippen LogP contribution in [0, 0.1) is 6.92 Å². The highest BCUT2D eigenvalue weighted by Crippen LogP contribution is 2.20. The van der Waals surface area contributed by atoms with Crippen molar-refractivity contribution in [3.05, 3.63) is 35.4 Å². The van der Waals surface area contributed by atoms with E-state index in [1.54, 1.807) is 19.2 Å². The van der Waals surface area contributed by atoms with Gasteiger partial charge in [0.1, 0.15) is 4.88 Å². The fourth-order valence-electron chi connectivity index (χ4n) is 2.47. The first-order valence-electron chi connectivity index (χ1n) is 7.77. The molecule has 2 aromatic heterocycles. The Balaban J connectivity index is 1.51. The topological polar surface area (TPSA) is 87.4 Å². The lowest BCUT2D eigenvalue weighted by Crippen LogP contribution is -2.48. The third-order valence-electron chi connectivity index (χ3n) is 3.70. The zero-order chi connectivity index (χ0) is 16.9. The minimum absolute atomic E-state index is 0.0347. The Bertz CT molecular complexity index is 704. The van der Waals surface area contributed by atoms with Crippen molar-refractivity contribution in [1.82, 2.24) is 24.9 Å². The van der Waals surface area contributed by atoms with E-state index in [4.69, 9.17) is 4.52 Å². The van der Waals surface area contributed by atoms with Crippen LogP contribution in [0.2, 0.25) is 0 Å². The predicted octanol–water partition coefficient (Wildman–Crippen LogP) is 1.39. The monoisotopic (exact) mass is 348 g/mol. The van der Waals surface area contributed by atoms with Gasteiger partial charge in [0.2, 0.25) is 5.89 Å². The quantitative estimate of drug-likeness (QED) is 0.789. The van der Waals surface area contributed by atoms with Crippen molar-refractivity contribution in [3.8, 4) is 0 Å². The lowest BCUT2D eigenvalue weighted by Gasteiger charge is -2.33. The van der Waals surface area contributed by atoms with E-state index in [1.165, 1.54) is 11.3 Å². The van der Waals surface area contributed by atoms with E-state index in [2.05, 4.69) is 31.9 Å². The number of rotatable bonds is 6. The summed E-state index contributed by atoms with van der Waals surface area (Å²) in [4.78, 5) is 25.7. The average molecular weight is 348 g/mol. The molecule has 3 heterocycles. The second kappa shape index (κ2) is 7.54. The largest absolute Gasteiger partial charge is 0.358 e. The number of thiazole rings is 1. The molecule has 1 amide bonds. The van der Waals surface area contributed by atoms with Gasteiger partial charge in [0, 0.05) is 32.7 Å². The number of nitrogens with one attached hydrogen (secondary N) is 1. The summed E-state index contributed by atoms with van der Waals surface area (Å²) in [5.74, 6) is 1.30. The number of hydrogen-bond donors (Lipinski definition) is 1. The standard InChI is InChI=1S/C15H20N6O2S/c1-3-4-16-15-17-9-12(24-15)14(22)21-7-5-20(6-8-21)10-13-18-11(2)19-23-13/h3,9H,1,4-8,10H2,2H3,(H,16,17). The normalized spacial score (nSPS) is 15.5. The summed E-state index contributed by atoms with van der Waals surface area (Å²) in [7, 11) is 0. The molecule has 3 rings (SSSR count). The summed E-state index contributed by atoms with van der Waals surface area (Å²) >= 11 is 1.37. The van der Waals surface area contributed by atoms with Crippen molar-refractivity contribution in [2.45, 2.75) is 13.5 Å². The molecule has 0 bridgehead atoms. The van der Waals surface area contributed by atoms with Gasteiger partial charge in [-0.25, -0.2) is 4.98 Å². The third kappa shape index (κ3) is 3.98. The van der Waals surface area contributed by atoms with Gasteiger partial charge in [-0.2, -0.15) is 4.98 Å². The molecule has 1 aliphatic rings. The van der Waals surface area contributed by atoms with Crippen molar-refractivity contribution in [3.63, 3.8) is 0 Å². The Morgan fingerprint density at radius 1 is 1.46 bits per heavy atom. The van der Waals surface area contributed by atoms with E-state index in [1.807, 2.05) is 4.90 Å². The van der Waals surface area contributed by atoms with Gasteiger partial charge < -0.3 is 14.7 Å². The minimum atomic E-state index is 0.0347. The van der Waals surface area contributed by atoms with Crippen LogP contribution < -0.4 is 5.32 Å². The number of aryl methyl sites for hydroxylation is 1. The summed E-state index contributed by atoms with van der Waals surface area (Å²) in [5, 5.41) is 7.63. The van der Waals surface area contributed by atoms with E-state index in [0.29, 0.717) is 42.8 Å². The number of carbonyl (C=O) groups excluding carboxylic acids is 1. The summed E-state index contributed by atoms with van der Waals surface area (Å²) in [6.07, 6.45) is 3.39. The van der Waals surface area contributed by atoms with Gasteiger partial charge in [0.15, 0.2) is 11.0 Å². The zero-order valence-corrected chi connectivity index (χ0v) is 14.4. The summed E-state index contributed by atoms with van der Waals surface area (Å²) in [6.45, 7) is 9.64. The van der Waals surface area contributed by atoms with Crippen LogP contribution in [-0.2, 0) is 6.54 Å². The SMILES string of the molecule is C=CCNc1ncc(C(=O)N2CCN(Cc3nc(C)no3)CC2)s1. The maximum atomic E-state index is 12.5. The van der Waals surface area contributed by atoms with Crippen LogP contribution in [0.5, 0.6) is 0 Å². The van der Waals surface area contributed by atoms with Gasteiger partial charge in [-0.1, -0.05) is 22.6 Å². The molecule has 1 fully saturated rings. The first-order chi connectivity index (χ1) is 11.7. The summed E-state index contributed by atoms with van der Waals surface area (Å²) in [5.41, 5.74) is 0. The first kappa shape index (κ1) is 16.6. The Labute approximate surface area is 144 Å². The molecular formula is C15H20N6O2S. The van der Waals surface area contributed by atoms with Crippen molar-refractivity contribution in [1.29, 1.82) is 0 Å². The Morgan fingerprint density at radius 2 is 2.25 bits per heavy atom. The first-order valence-corrected chi connectivity index (χ1v) is 8.59. The van der Waals surface area contributed by atoms with Crippen LogP contribution in [0.3, 0.4) is 0 Å². The molecule has 0 saturated carbocycles. The molecule has 0 aromatic carbocycles. The van der Waals surface area contributed by atoms with Crippen LogP contribution in [0.1, 0.15) is 21.4 Å². The van der Waals surface area contributed by atoms with Gasteiger partial charge in [0.05, 0.1) is 12.7 Å². The number of nitrogens with zero attached hydrogens (tertiary/aromatic N) is 5. The zero-order valence-electron chi connectivity index (χ0n) is 13.6. The molecule has 1 N–H and O–H groups in total. The highest BCUT2D eigenvalue weighted by Gasteiger charge is 2.24. The van der Waals surface area contributed by atoms with Crippen molar-refractivity contribution >= 4 is 22.4 Å². The molecule has 24 heavy (non-hydrogen) atoms. The maximum absolute atomic E-state index is 12.5. The Morgan fingerprint density at radius 3 is 2.92 bits per heavy atom. The second-order valence-corrected chi connectivity index (χ2v) is 6.53. The second-order valence-electron chi connectivity index (χ2n) is 5.50. The lowest BCUT2D eigenvalue weighted by atomic mass is 10.3. The molecule has 0 spiro atoms. The minimum Gasteiger partial charge on any atom is -0.358 e.